The van der Waals surface area contributed by atoms with Gasteiger partial charge in [0.1, 0.15) is 5.54 Å². The Balaban J connectivity index is 1.56. The minimum atomic E-state index is -1.11. The van der Waals surface area contributed by atoms with E-state index in [-0.39, 0.29) is 23.8 Å². The third kappa shape index (κ3) is 2.04. The molecule has 7 heteroatoms. The summed E-state index contributed by atoms with van der Waals surface area (Å²) in [5.74, 6) is -1.84. The van der Waals surface area contributed by atoms with Crippen molar-refractivity contribution in [3.8, 4) is 0 Å². The molecule has 0 aromatic heterocycles. The van der Waals surface area contributed by atoms with E-state index in [1.54, 1.807) is 12.1 Å². The van der Waals surface area contributed by atoms with Crippen LogP contribution in [0.3, 0.4) is 0 Å². The minimum Gasteiger partial charge on any atom is -0.324 e. The highest BCUT2D eigenvalue weighted by Crippen LogP contribution is 2.60. The van der Waals surface area contributed by atoms with Crippen molar-refractivity contribution in [3.05, 3.63) is 58.1 Å². The number of fused-ring (bicyclic) bond motifs is 7. The van der Waals surface area contributed by atoms with Gasteiger partial charge in [-0.3, -0.25) is 19.3 Å². The van der Waals surface area contributed by atoms with Crippen molar-refractivity contribution in [2.45, 2.75) is 31.3 Å². The Bertz CT molecular complexity index is 1130. The number of hydrogen-bond donors (Lipinski definition) is 1. The molecular weight excluding hydrogens is 446 g/mol. The molecule has 0 saturated carbocycles. The molecule has 2 aromatic carbocycles. The molecule has 4 atom stereocenters. The smallest absolute Gasteiger partial charge is 0.250 e. The van der Waals surface area contributed by atoms with Gasteiger partial charge in [-0.05, 0) is 56.6 Å². The van der Waals surface area contributed by atoms with Crippen LogP contribution < -0.4 is 10.2 Å². The highest BCUT2D eigenvalue weighted by Gasteiger charge is 2.74. The first-order valence-corrected chi connectivity index (χ1v) is 11.1. The number of benzene rings is 2. The Kier molecular flexibility index (Phi) is 3.66. The van der Waals surface area contributed by atoms with E-state index in [2.05, 4.69) is 26.1 Å². The zero-order valence-electron chi connectivity index (χ0n) is 16.4. The van der Waals surface area contributed by atoms with Gasteiger partial charge in [0.05, 0.1) is 17.5 Å². The van der Waals surface area contributed by atoms with E-state index in [4.69, 9.17) is 0 Å². The molecule has 6 nitrogen and oxygen atoms in total. The van der Waals surface area contributed by atoms with Gasteiger partial charge in [0.2, 0.25) is 17.7 Å². The molecule has 0 unspecified atom stereocenters. The van der Waals surface area contributed by atoms with E-state index in [1.165, 1.54) is 4.90 Å². The van der Waals surface area contributed by atoms with Gasteiger partial charge in [0.25, 0.3) is 0 Å². The fourth-order valence-electron chi connectivity index (χ4n) is 6.16. The van der Waals surface area contributed by atoms with Gasteiger partial charge in [0, 0.05) is 21.8 Å². The molecular formula is C23H20BrN3O3. The zero-order chi connectivity index (χ0) is 20.8. The van der Waals surface area contributed by atoms with Crippen molar-refractivity contribution in [1.29, 1.82) is 0 Å². The molecule has 4 heterocycles. The summed E-state index contributed by atoms with van der Waals surface area (Å²) in [7, 11) is 0. The highest BCUT2D eigenvalue weighted by molar-refractivity contribution is 9.10. The van der Waals surface area contributed by atoms with Gasteiger partial charge in [0.15, 0.2) is 0 Å². The second kappa shape index (κ2) is 6.02. The number of aryl methyl sites for hydroxylation is 1. The first-order valence-electron chi connectivity index (χ1n) is 10.3. The topological polar surface area (TPSA) is 69.7 Å². The molecule has 1 N–H and O–H groups in total. The zero-order valence-corrected chi connectivity index (χ0v) is 18.0. The number of halogens is 1. The van der Waals surface area contributed by atoms with E-state index in [1.807, 2.05) is 37.3 Å². The fraction of sp³-hybridized carbons (Fsp3) is 0.348. The van der Waals surface area contributed by atoms with Crippen LogP contribution in [0, 0.1) is 18.8 Å². The summed E-state index contributed by atoms with van der Waals surface area (Å²) in [6.45, 7) is 2.71. The van der Waals surface area contributed by atoms with E-state index >= 15 is 0 Å². The summed E-state index contributed by atoms with van der Waals surface area (Å²) in [6, 6.07) is 13.0. The predicted molar refractivity (Wildman–Crippen MR) is 115 cm³/mol. The lowest BCUT2D eigenvalue weighted by molar-refractivity contribution is -0.135. The number of nitrogens with one attached hydrogen (secondary N) is 1. The van der Waals surface area contributed by atoms with Gasteiger partial charge in [-0.25, -0.2) is 4.90 Å². The molecule has 4 aliphatic heterocycles. The Morgan fingerprint density at radius 2 is 1.83 bits per heavy atom. The van der Waals surface area contributed by atoms with E-state index in [0.29, 0.717) is 5.69 Å². The summed E-state index contributed by atoms with van der Waals surface area (Å²) < 4.78 is 0.878. The summed E-state index contributed by atoms with van der Waals surface area (Å²) in [6.07, 6.45) is 1.74. The highest BCUT2D eigenvalue weighted by atomic mass is 79.9. The van der Waals surface area contributed by atoms with Crippen LogP contribution in [-0.4, -0.2) is 35.2 Å². The quantitative estimate of drug-likeness (QED) is 0.656. The minimum absolute atomic E-state index is 0.0934. The monoisotopic (exact) mass is 465 g/mol. The summed E-state index contributed by atoms with van der Waals surface area (Å²) in [5, 5.41) is 3.01. The molecule has 3 fully saturated rings. The van der Waals surface area contributed by atoms with Gasteiger partial charge in [-0.2, -0.15) is 0 Å². The summed E-state index contributed by atoms with van der Waals surface area (Å²) in [4.78, 5) is 44.4. The van der Waals surface area contributed by atoms with E-state index < -0.39 is 17.4 Å². The van der Waals surface area contributed by atoms with Crippen molar-refractivity contribution in [2.75, 3.05) is 16.8 Å². The van der Waals surface area contributed by atoms with Gasteiger partial charge in [-0.15, -0.1) is 0 Å². The van der Waals surface area contributed by atoms with Crippen LogP contribution in [0.2, 0.25) is 0 Å². The fourth-order valence-corrected chi connectivity index (χ4v) is 6.43. The van der Waals surface area contributed by atoms with Crippen LogP contribution in [0.1, 0.15) is 24.0 Å². The molecule has 2 aromatic rings. The van der Waals surface area contributed by atoms with Crippen molar-refractivity contribution in [3.63, 3.8) is 0 Å². The van der Waals surface area contributed by atoms with Crippen LogP contribution >= 0.6 is 15.9 Å². The maximum absolute atomic E-state index is 13.8. The van der Waals surface area contributed by atoms with Crippen molar-refractivity contribution in [1.82, 2.24) is 4.90 Å². The largest absolute Gasteiger partial charge is 0.324 e. The maximum atomic E-state index is 13.8. The van der Waals surface area contributed by atoms with Crippen LogP contribution in [-0.2, 0) is 19.9 Å². The van der Waals surface area contributed by atoms with E-state index in [9.17, 15) is 14.4 Å². The second-order valence-electron chi connectivity index (χ2n) is 8.66. The number of anilines is 2. The van der Waals surface area contributed by atoms with E-state index in [0.717, 1.165) is 40.7 Å². The Labute approximate surface area is 182 Å². The lowest BCUT2D eigenvalue weighted by Crippen LogP contribution is -2.54. The Morgan fingerprint density at radius 1 is 1.07 bits per heavy atom. The summed E-state index contributed by atoms with van der Waals surface area (Å²) in [5.41, 5.74) is 2.07. The Morgan fingerprint density at radius 3 is 2.60 bits per heavy atom. The average Bonchev–Trinajstić information content (AvgIpc) is 3.42. The third-order valence-electron chi connectivity index (χ3n) is 7.23. The molecule has 152 valence electrons. The molecule has 1 spiro atoms. The van der Waals surface area contributed by atoms with Crippen LogP contribution in [0.15, 0.2) is 46.9 Å². The SMILES string of the molecule is Cc1ccc2c(c1)[C@]1(C(=O)N2)[C@@H]2C(=O)N(c3ccc(Br)cc3)C(=O)[C@@H]2[C@H]2CCCN21. The molecule has 4 aliphatic rings. The third-order valence-corrected chi connectivity index (χ3v) is 7.76. The van der Waals surface area contributed by atoms with Crippen LogP contribution in [0.4, 0.5) is 11.4 Å². The molecule has 6 rings (SSSR count). The molecule has 0 aliphatic carbocycles. The first-order chi connectivity index (χ1) is 14.4. The Hall–Kier alpha value is -2.51. The first kappa shape index (κ1) is 18.3. The molecule has 30 heavy (non-hydrogen) atoms. The lowest BCUT2D eigenvalue weighted by atomic mass is 9.75. The maximum Gasteiger partial charge on any atom is 0.250 e. The number of hydrogen-bond acceptors (Lipinski definition) is 4. The van der Waals surface area contributed by atoms with Crippen molar-refractivity contribution >= 4 is 45.0 Å². The number of rotatable bonds is 1. The van der Waals surface area contributed by atoms with Crippen molar-refractivity contribution < 1.29 is 14.4 Å². The van der Waals surface area contributed by atoms with Crippen LogP contribution in [0.5, 0.6) is 0 Å². The van der Waals surface area contributed by atoms with Crippen molar-refractivity contribution in [2.24, 2.45) is 11.8 Å². The number of imide groups is 1. The molecule has 3 saturated heterocycles. The summed E-state index contributed by atoms with van der Waals surface area (Å²) >= 11 is 3.40. The number of carbonyl (C=O) groups excluding carboxylic acids is 3. The normalized spacial score (nSPS) is 32.0. The number of amides is 3. The molecule has 0 bridgehead atoms. The average molecular weight is 466 g/mol. The van der Waals surface area contributed by atoms with Gasteiger partial charge in [-0.1, -0.05) is 33.6 Å². The second-order valence-corrected chi connectivity index (χ2v) is 9.58. The number of carbonyl (C=O) groups is 3. The molecule has 0 radical (unpaired) electrons. The predicted octanol–water partition coefficient (Wildman–Crippen LogP) is 3.19. The molecule has 3 amide bonds. The standard InChI is InChI=1S/C23H20BrN3O3/c1-12-4-9-16-15(11-12)23(22(30)25-16)19-18(17-3-2-10-26(17)23)20(28)27(21(19)29)14-7-5-13(24)6-8-14/h4-9,11,17-19H,2-3,10H2,1H3,(H,25,30)/t17-,18-,19+,23-/m1/s1. The van der Waals surface area contributed by atoms with Gasteiger partial charge >= 0.3 is 0 Å². The number of nitrogens with zero attached hydrogens (tertiary/aromatic N) is 2. The van der Waals surface area contributed by atoms with Gasteiger partial charge < -0.3 is 5.32 Å². The lowest BCUT2D eigenvalue weighted by Gasteiger charge is -2.36. The van der Waals surface area contributed by atoms with Crippen LogP contribution in [0.25, 0.3) is 0 Å².